The zero-order chi connectivity index (χ0) is 19.8. The first kappa shape index (κ1) is 20.3. The average Bonchev–Trinajstić information content (AvgIpc) is 3.10. The molecule has 0 aliphatic carbocycles. The summed E-state index contributed by atoms with van der Waals surface area (Å²) in [7, 11) is 0. The van der Waals surface area contributed by atoms with Crippen molar-refractivity contribution in [3.63, 3.8) is 0 Å². The Hall–Kier alpha value is -2.40. The van der Waals surface area contributed by atoms with Gasteiger partial charge in [-0.25, -0.2) is 9.38 Å². The number of ether oxygens (including phenoxy) is 1. The average molecular weight is 399 g/mol. The van der Waals surface area contributed by atoms with E-state index < -0.39 is 0 Å². The normalized spacial score (nSPS) is 11.8. The smallest absolute Gasteiger partial charge is 0.190 e. The molecular formula is C23H27FN2OS. The lowest BCUT2D eigenvalue weighted by Crippen LogP contribution is -2.16. The predicted molar refractivity (Wildman–Crippen MR) is 115 cm³/mol. The third-order valence-corrected chi connectivity index (χ3v) is 5.41. The summed E-state index contributed by atoms with van der Waals surface area (Å²) in [5.74, 6) is 0.639. The van der Waals surface area contributed by atoms with Crippen LogP contribution in [0.3, 0.4) is 0 Å². The molecule has 0 bridgehead atoms. The topological polar surface area (TPSA) is 26.5 Å². The van der Waals surface area contributed by atoms with E-state index in [1.54, 1.807) is 11.3 Å². The first-order valence-electron chi connectivity index (χ1n) is 9.93. The first-order valence-corrected chi connectivity index (χ1v) is 10.8. The van der Waals surface area contributed by atoms with Crippen molar-refractivity contribution >= 4 is 17.0 Å². The van der Waals surface area contributed by atoms with Crippen LogP contribution in [0.2, 0.25) is 0 Å². The Morgan fingerprint density at radius 3 is 2.39 bits per heavy atom. The molecule has 1 aromatic heterocycles. The maximum absolute atomic E-state index is 13.3. The minimum Gasteiger partial charge on any atom is -0.494 e. The number of hydrogen-bond acceptors (Lipinski definition) is 3. The van der Waals surface area contributed by atoms with E-state index >= 15 is 0 Å². The van der Waals surface area contributed by atoms with Gasteiger partial charge in [0, 0.05) is 11.9 Å². The fourth-order valence-electron chi connectivity index (χ4n) is 3.08. The Kier molecular flexibility index (Phi) is 7.43. The molecule has 0 fully saturated rings. The van der Waals surface area contributed by atoms with Crippen LogP contribution in [0, 0.1) is 5.82 Å². The van der Waals surface area contributed by atoms with Gasteiger partial charge in [-0.15, -0.1) is 11.3 Å². The summed E-state index contributed by atoms with van der Waals surface area (Å²) >= 11 is 1.62. The van der Waals surface area contributed by atoms with Gasteiger partial charge in [-0.2, -0.15) is 0 Å². The van der Waals surface area contributed by atoms with Crippen molar-refractivity contribution in [2.75, 3.05) is 6.61 Å². The summed E-state index contributed by atoms with van der Waals surface area (Å²) in [5, 5.41) is 2.11. The first-order chi connectivity index (χ1) is 13.7. The molecule has 0 aliphatic rings. The van der Waals surface area contributed by atoms with Crippen molar-refractivity contribution in [3.05, 3.63) is 64.5 Å². The van der Waals surface area contributed by atoms with Crippen LogP contribution in [-0.4, -0.2) is 11.2 Å². The summed E-state index contributed by atoms with van der Waals surface area (Å²) in [5.41, 5.74) is 3.01. The van der Waals surface area contributed by atoms with Crippen molar-refractivity contribution in [3.8, 4) is 17.0 Å². The molecule has 0 saturated carbocycles. The van der Waals surface area contributed by atoms with Crippen LogP contribution < -0.4 is 9.54 Å². The standard InChI is InChI=1S/C23H27FN2OS/c1-3-5-6-7-16-26-22(18-8-10-19(24)11-9-18)17-28-23(26)25-20-12-14-21(15-13-20)27-4-2/h8-15,17H,3-7,16H2,1-2H3. The van der Waals surface area contributed by atoms with Gasteiger partial charge in [0.25, 0.3) is 0 Å². The third kappa shape index (κ3) is 5.32. The molecule has 0 spiro atoms. The van der Waals surface area contributed by atoms with Crippen LogP contribution >= 0.6 is 11.3 Å². The number of unbranched alkanes of at least 4 members (excludes halogenated alkanes) is 3. The molecule has 0 radical (unpaired) electrons. The number of thiazole rings is 1. The summed E-state index contributed by atoms with van der Waals surface area (Å²) < 4.78 is 21.1. The molecule has 148 valence electrons. The van der Waals surface area contributed by atoms with Crippen molar-refractivity contribution in [1.82, 2.24) is 4.57 Å². The monoisotopic (exact) mass is 398 g/mol. The highest BCUT2D eigenvalue weighted by atomic mass is 32.1. The van der Waals surface area contributed by atoms with Crippen LogP contribution in [0.25, 0.3) is 11.3 Å². The van der Waals surface area contributed by atoms with Gasteiger partial charge < -0.3 is 9.30 Å². The minimum atomic E-state index is -0.215. The lowest BCUT2D eigenvalue weighted by molar-refractivity contribution is 0.340. The Bertz CT molecular complexity index is 926. The minimum absolute atomic E-state index is 0.215. The van der Waals surface area contributed by atoms with E-state index in [0.717, 1.165) is 40.5 Å². The Morgan fingerprint density at radius 2 is 1.71 bits per heavy atom. The summed E-state index contributed by atoms with van der Waals surface area (Å²) in [6.07, 6.45) is 4.75. The second kappa shape index (κ2) is 10.2. The van der Waals surface area contributed by atoms with E-state index in [9.17, 15) is 4.39 Å². The fraction of sp³-hybridized carbons (Fsp3) is 0.348. The maximum Gasteiger partial charge on any atom is 0.190 e. The lowest BCUT2D eigenvalue weighted by Gasteiger charge is -2.09. The van der Waals surface area contributed by atoms with Gasteiger partial charge in [0.15, 0.2) is 4.80 Å². The molecule has 2 aromatic carbocycles. The molecule has 5 heteroatoms. The van der Waals surface area contributed by atoms with E-state index in [0.29, 0.717) is 6.61 Å². The van der Waals surface area contributed by atoms with E-state index in [1.165, 1.54) is 31.4 Å². The summed E-state index contributed by atoms with van der Waals surface area (Å²) in [6.45, 7) is 5.75. The molecule has 3 nitrogen and oxygen atoms in total. The largest absolute Gasteiger partial charge is 0.494 e. The number of rotatable bonds is 9. The van der Waals surface area contributed by atoms with Crippen LogP contribution in [-0.2, 0) is 6.54 Å². The van der Waals surface area contributed by atoms with Gasteiger partial charge in [-0.3, -0.25) is 0 Å². The SMILES string of the molecule is CCCCCCn1c(-c2ccc(F)cc2)csc1=Nc1ccc(OCC)cc1. The molecular weight excluding hydrogens is 371 g/mol. The van der Waals surface area contributed by atoms with Crippen LogP contribution in [0.15, 0.2) is 58.9 Å². The summed E-state index contributed by atoms with van der Waals surface area (Å²) in [4.78, 5) is 5.82. The Labute approximate surface area is 170 Å². The highest BCUT2D eigenvalue weighted by molar-refractivity contribution is 7.07. The van der Waals surface area contributed by atoms with Crippen LogP contribution in [0.5, 0.6) is 5.75 Å². The molecule has 0 atom stereocenters. The number of hydrogen-bond donors (Lipinski definition) is 0. The van der Waals surface area contributed by atoms with Gasteiger partial charge in [-0.1, -0.05) is 26.2 Å². The molecule has 0 amide bonds. The van der Waals surface area contributed by atoms with Gasteiger partial charge in [0.05, 0.1) is 18.0 Å². The molecule has 0 aliphatic heterocycles. The zero-order valence-corrected chi connectivity index (χ0v) is 17.3. The number of aromatic nitrogens is 1. The Morgan fingerprint density at radius 1 is 0.964 bits per heavy atom. The summed E-state index contributed by atoms with van der Waals surface area (Å²) in [6, 6.07) is 14.5. The van der Waals surface area contributed by atoms with Crippen molar-refractivity contribution in [2.45, 2.75) is 46.1 Å². The van der Waals surface area contributed by atoms with Crippen LogP contribution in [0.1, 0.15) is 39.5 Å². The molecule has 0 unspecified atom stereocenters. The molecule has 28 heavy (non-hydrogen) atoms. The molecule has 3 rings (SSSR count). The maximum atomic E-state index is 13.3. The third-order valence-electron chi connectivity index (χ3n) is 4.55. The van der Waals surface area contributed by atoms with E-state index in [2.05, 4.69) is 16.9 Å². The van der Waals surface area contributed by atoms with Gasteiger partial charge >= 0.3 is 0 Å². The van der Waals surface area contributed by atoms with Crippen molar-refractivity contribution < 1.29 is 9.13 Å². The predicted octanol–water partition coefficient (Wildman–Crippen LogP) is 6.57. The van der Waals surface area contributed by atoms with Crippen LogP contribution in [0.4, 0.5) is 10.1 Å². The van der Waals surface area contributed by atoms with Gasteiger partial charge in [-0.05, 0) is 67.4 Å². The number of halogens is 1. The lowest BCUT2D eigenvalue weighted by atomic mass is 10.1. The van der Waals surface area contributed by atoms with Gasteiger partial charge in [0.1, 0.15) is 11.6 Å². The molecule has 3 aromatic rings. The zero-order valence-electron chi connectivity index (χ0n) is 16.5. The van der Waals surface area contributed by atoms with E-state index in [-0.39, 0.29) is 5.82 Å². The molecule has 0 saturated heterocycles. The molecule has 0 N–H and O–H groups in total. The number of nitrogens with zero attached hydrogens (tertiary/aromatic N) is 2. The van der Waals surface area contributed by atoms with E-state index in [4.69, 9.17) is 9.73 Å². The Balaban J connectivity index is 1.93. The fourth-order valence-corrected chi connectivity index (χ4v) is 4.03. The van der Waals surface area contributed by atoms with Crippen molar-refractivity contribution in [2.24, 2.45) is 4.99 Å². The second-order valence-corrected chi connectivity index (χ2v) is 7.50. The quantitative estimate of drug-likeness (QED) is 0.375. The van der Waals surface area contributed by atoms with Gasteiger partial charge in [0.2, 0.25) is 0 Å². The van der Waals surface area contributed by atoms with E-state index in [1.807, 2.05) is 43.3 Å². The number of benzene rings is 2. The highest BCUT2D eigenvalue weighted by Gasteiger charge is 2.08. The highest BCUT2D eigenvalue weighted by Crippen LogP contribution is 2.23. The second-order valence-electron chi connectivity index (χ2n) is 6.66. The molecule has 1 heterocycles. The van der Waals surface area contributed by atoms with Crippen molar-refractivity contribution in [1.29, 1.82) is 0 Å².